The largest absolute Gasteiger partial charge is 0.306 e. The Bertz CT molecular complexity index is 511. The van der Waals surface area contributed by atoms with Crippen LogP contribution in [-0.4, -0.2) is 14.5 Å². The first-order chi connectivity index (χ1) is 7.72. The number of halogens is 1. The van der Waals surface area contributed by atoms with Crippen molar-refractivity contribution in [2.24, 2.45) is 0 Å². The summed E-state index contributed by atoms with van der Waals surface area (Å²) in [5.41, 5.74) is 1.55. The third-order valence-electron chi connectivity index (χ3n) is 2.20. The molecular weight excluding hydrogens is 230 g/mol. The van der Waals surface area contributed by atoms with Gasteiger partial charge in [-0.05, 0) is 11.6 Å². The molecule has 6 heteroatoms. The van der Waals surface area contributed by atoms with Gasteiger partial charge in [-0.3, -0.25) is 10.1 Å². The highest BCUT2D eigenvalue weighted by Gasteiger charge is 2.10. The molecule has 0 saturated heterocycles. The predicted molar refractivity (Wildman–Crippen MR) is 59.8 cm³/mol. The fraction of sp³-hybridized carbons (Fsp3) is 0.100. The predicted octanol–water partition coefficient (Wildman–Crippen LogP) is 2.52. The minimum Gasteiger partial charge on any atom is -0.306 e. The van der Waals surface area contributed by atoms with Crippen LogP contribution in [0.1, 0.15) is 5.56 Å². The Morgan fingerprint density at radius 1 is 1.50 bits per heavy atom. The second-order valence-corrected chi connectivity index (χ2v) is 3.44. The molecule has 1 heterocycles. The Hall–Kier alpha value is -1.88. The molecule has 1 aromatic heterocycles. The molecule has 2 rings (SSSR count). The Balaban J connectivity index is 2.51. The van der Waals surface area contributed by atoms with Gasteiger partial charge in [-0.25, -0.2) is 4.98 Å². The maximum Gasteiger partial charge on any atom is 0.269 e. The van der Waals surface area contributed by atoms with Gasteiger partial charge in [0.25, 0.3) is 5.69 Å². The van der Waals surface area contributed by atoms with Gasteiger partial charge in [-0.15, -0.1) is 11.6 Å². The van der Waals surface area contributed by atoms with Crippen molar-refractivity contribution in [3.8, 4) is 5.69 Å². The number of imidazole rings is 1. The second kappa shape index (κ2) is 4.32. The first-order valence-electron chi connectivity index (χ1n) is 4.54. The molecule has 0 saturated carbocycles. The topological polar surface area (TPSA) is 61.0 Å². The van der Waals surface area contributed by atoms with E-state index < -0.39 is 4.92 Å². The van der Waals surface area contributed by atoms with E-state index in [-0.39, 0.29) is 11.6 Å². The summed E-state index contributed by atoms with van der Waals surface area (Å²) >= 11 is 5.77. The Morgan fingerprint density at radius 3 is 2.88 bits per heavy atom. The summed E-state index contributed by atoms with van der Waals surface area (Å²) in [5, 5.41) is 10.6. The average molecular weight is 238 g/mol. The Morgan fingerprint density at radius 2 is 2.31 bits per heavy atom. The lowest BCUT2D eigenvalue weighted by molar-refractivity contribution is -0.384. The fourth-order valence-electron chi connectivity index (χ4n) is 1.45. The number of benzene rings is 1. The van der Waals surface area contributed by atoms with Gasteiger partial charge in [-0.2, -0.15) is 0 Å². The van der Waals surface area contributed by atoms with Crippen molar-refractivity contribution >= 4 is 17.3 Å². The van der Waals surface area contributed by atoms with Crippen LogP contribution in [-0.2, 0) is 5.88 Å². The number of aromatic nitrogens is 2. The number of nitro groups is 1. The summed E-state index contributed by atoms with van der Waals surface area (Å²) in [5.74, 6) is 0.217. The summed E-state index contributed by atoms with van der Waals surface area (Å²) in [6.45, 7) is 0. The van der Waals surface area contributed by atoms with Gasteiger partial charge in [0.1, 0.15) is 0 Å². The molecule has 82 valence electrons. The van der Waals surface area contributed by atoms with Crippen molar-refractivity contribution in [1.29, 1.82) is 0 Å². The summed E-state index contributed by atoms with van der Waals surface area (Å²) in [6.07, 6.45) is 5.02. The van der Waals surface area contributed by atoms with E-state index in [1.807, 2.05) is 0 Å². The molecule has 0 amide bonds. The number of hydrogen-bond donors (Lipinski definition) is 0. The maximum absolute atomic E-state index is 10.6. The smallest absolute Gasteiger partial charge is 0.269 e. The number of nitro benzene ring substituents is 1. The van der Waals surface area contributed by atoms with Crippen LogP contribution < -0.4 is 0 Å². The van der Waals surface area contributed by atoms with Crippen molar-refractivity contribution in [3.63, 3.8) is 0 Å². The molecular formula is C10H8ClN3O2. The van der Waals surface area contributed by atoms with E-state index in [4.69, 9.17) is 11.6 Å². The normalized spacial score (nSPS) is 10.3. The Labute approximate surface area is 96.4 Å². The molecule has 0 spiro atoms. The van der Waals surface area contributed by atoms with Crippen LogP contribution in [0.3, 0.4) is 0 Å². The van der Waals surface area contributed by atoms with E-state index in [1.54, 1.807) is 29.4 Å². The highest BCUT2D eigenvalue weighted by atomic mass is 35.5. The van der Waals surface area contributed by atoms with Gasteiger partial charge in [0.2, 0.25) is 0 Å². The number of hydrogen-bond acceptors (Lipinski definition) is 3. The molecule has 0 bridgehead atoms. The lowest BCUT2D eigenvalue weighted by Gasteiger charge is -2.07. The van der Waals surface area contributed by atoms with Gasteiger partial charge in [0.15, 0.2) is 0 Å². The quantitative estimate of drug-likeness (QED) is 0.468. The summed E-state index contributed by atoms with van der Waals surface area (Å²) in [4.78, 5) is 14.1. The Kier molecular flexibility index (Phi) is 2.87. The number of rotatable bonds is 3. The SMILES string of the molecule is O=[N+]([O-])c1ccc(-n2ccnc2)c(CCl)c1. The highest BCUT2D eigenvalue weighted by molar-refractivity contribution is 6.17. The van der Waals surface area contributed by atoms with Crippen LogP contribution in [0.15, 0.2) is 36.9 Å². The molecule has 0 N–H and O–H groups in total. The second-order valence-electron chi connectivity index (χ2n) is 3.17. The molecule has 0 fully saturated rings. The molecule has 16 heavy (non-hydrogen) atoms. The van der Waals surface area contributed by atoms with Crippen LogP contribution in [0.2, 0.25) is 0 Å². The van der Waals surface area contributed by atoms with Crippen LogP contribution in [0, 0.1) is 10.1 Å². The minimum absolute atomic E-state index is 0.0412. The zero-order chi connectivity index (χ0) is 11.5. The van der Waals surface area contributed by atoms with Crippen molar-refractivity contribution < 1.29 is 4.92 Å². The highest BCUT2D eigenvalue weighted by Crippen LogP contribution is 2.22. The van der Waals surface area contributed by atoms with Gasteiger partial charge >= 0.3 is 0 Å². The molecule has 0 aliphatic carbocycles. The fourth-order valence-corrected chi connectivity index (χ4v) is 1.66. The van der Waals surface area contributed by atoms with Crippen LogP contribution in [0.5, 0.6) is 0 Å². The monoisotopic (exact) mass is 237 g/mol. The lowest BCUT2D eigenvalue weighted by Crippen LogP contribution is -1.97. The zero-order valence-corrected chi connectivity index (χ0v) is 8.96. The van der Waals surface area contributed by atoms with E-state index in [0.29, 0.717) is 5.56 Å². The van der Waals surface area contributed by atoms with Gasteiger partial charge < -0.3 is 4.57 Å². The molecule has 5 nitrogen and oxygen atoms in total. The third kappa shape index (κ3) is 1.90. The molecule has 0 aliphatic heterocycles. The summed E-state index contributed by atoms with van der Waals surface area (Å²) < 4.78 is 1.77. The van der Waals surface area contributed by atoms with Crippen LogP contribution >= 0.6 is 11.6 Å². The molecule has 2 aromatic rings. The van der Waals surface area contributed by atoms with Gasteiger partial charge in [0, 0.05) is 30.4 Å². The summed E-state index contributed by atoms with van der Waals surface area (Å²) in [7, 11) is 0. The number of non-ortho nitro benzene ring substituents is 1. The number of alkyl halides is 1. The standard InChI is InChI=1S/C10H8ClN3O2/c11-6-8-5-9(14(15)16)1-2-10(8)13-4-3-12-7-13/h1-5,7H,6H2. The van der Waals surface area contributed by atoms with E-state index in [2.05, 4.69) is 4.98 Å². The van der Waals surface area contributed by atoms with Gasteiger partial charge in [0.05, 0.1) is 16.9 Å². The molecule has 0 aliphatic rings. The lowest BCUT2D eigenvalue weighted by atomic mass is 10.2. The van der Waals surface area contributed by atoms with Crippen molar-refractivity contribution in [3.05, 3.63) is 52.6 Å². The summed E-state index contributed by atoms with van der Waals surface area (Å²) in [6, 6.07) is 4.59. The number of nitrogens with zero attached hydrogens (tertiary/aromatic N) is 3. The van der Waals surface area contributed by atoms with Crippen LogP contribution in [0.25, 0.3) is 5.69 Å². The van der Waals surface area contributed by atoms with E-state index in [9.17, 15) is 10.1 Å². The third-order valence-corrected chi connectivity index (χ3v) is 2.49. The molecule has 1 aromatic carbocycles. The minimum atomic E-state index is -0.437. The zero-order valence-electron chi connectivity index (χ0n) is 8.21. The van der Waals surface area contributed by atoms with E-state index >= 15 is 0 Å². The van der Waals surface area contributed by atoms with Gasteiger partial charge in [-0.1, -0.05) is 0 Å². The average Bonchev–Trinajstić information content (AvgIpc) is 2.81. The van der Waals surface area contributed by atoms with Crippen LogP contribution in [0.4, 0.5) is 5.69 Å². The molecule has 0 radical (unpaired) electrons. The molecule has 0 unspecified atom stereocenters. The van der Waals surface area contributed by atoms with Crippen molar-refractivity contribution in [1.82, 2.24) is 9.55 Å². The first kappa shape index (κ1) is 10.6. The first-order valence-corrected chi connectivity index (χ1v) is 5.07. The van der Waals surface area contributed by atoms with E-state index in [0.717, 1.165) is 5.69 Å². The maximum atomic E-state index is 10.6. The molecule has 0 atom stereocenters. The van der Waals surface area contributed by atoms with Crippen molar-refractivity contribution in [2.45, 2.75) is 5.88 Å². The van der Waals surface area contributed by atoms with E-state index in [1.165, 1.54) is 12.1 Å². The van der Waals surface area contributed by atoms with Crippen molar-refractivity contribution in [2.75, 3.05) is 0 Å².